The van der Waals surface area contributed by atoms with Crippen LogP contribution in [0.2, 0.25) is 0 Å². The SMILES string of the molecule is Cc1cc(F)ccc1NC(=O)c1ccc2c(c1)CCN2C(=O)C1CC1. The number of anilines is 2. The van der Waals surface area contributed by atoms with E-state index in [1.807, 2.05) is 17.0 Å². The van der Waals surface area contributed by atoms with Crippen LogP contribution in [-0.4, -0.2) is 18.4 Å². The Labute approximate surface area is 145 Å². The number of nitrogens with one attached hydrogen (secondary N) is 1. The number of halogens is 1. The number of fused-ring (bicyclic) bond motifs is 1. The first-order chi connectivity index (χ1) is 12.0. The number of carbonyl (C=O) groups is 2. The first-order valence-electron chi connectivity index (χ1n) is 8.55. The number of amides is 2. The summed E-state index contributed by atoms with van der Waals surface area (Å²) in [6, 6.07) is 9.72. The van der Waals surface area contributed by atoms with Crippen LogP contribution in [0.25, 0.3) is 0 Å². The Morgan fingerprint density at radius 1 is 1.16 bits per heavy atom. The van der Waals surface area contributed by atoms with E-state index in [-0.39, 0.29) is 23.5 Å². The Hall–Kier alpha value is -2.69. The average Bonchev–Trinajstić information content (AvgIpc) is 3.36. The third-order valence-electron chi connectivity index (χ3n) is 4.87. The number of nitrogens with zero attached hydrogens (tertiary/aromatic N) is 1. The van der Waals surface area contributed by atoms with Crippen molar-refractivity contribution in [1.82, 2.24) is 0 Å². The van der Waals surface area contributed by atoms with E-state index in [1.165, 1.54) is 12.1 Å². The van der Waals surface area contributed by atoms with Crippen molar-refractivity contribution in [3.63, 3.8) is 0 Å². The van der Waals surface area contributed by atoms with Gasteiger partial charge in [-0.15, -0.1) is 0 Å². The lowest BCUT2D eigenvalue weighted by Crippen LogP contribution is -2.30. The third kappa shape index (κ3) is 3.02. The maximum Gasteiger partial charge on any atom is 0.255 e. The minimum atomic E-state index is -0.326. The van der Waals surface area contributed by atoms with Gasteiger partial charge in [0.2, 0.25) is 5.91 Å². The normalized spacial score (nSPS) is 15.8. The van der Waals surface area contributed by atoms with Gasteiger partial charge in [0.15, 0.2) is 0 Å². The van der Waals surface area contributed by atoms with Gasteiger partial charge in [0, 0.05) is 29.4 Å². The summed E-state index contributed by atoms with van der Waals surface area (Å²) < 4.78 is 13.2. The summed E-state index contributed by atoms with van der Waals surface area (Å²) in [5, 5.41) is 2.82. The van der Waals surface area contributed by atoms with E-state index in [0.717, 1.165) is 30.5 Å². The predicted octanol–water partition coefficient (Wildman–Crippen LogP) is 3.69. The van der Waals surface area contributed by atoms with Gasteiger partial charge in [-0.3, -0.25) is 9.59 Å². The molecule has 0 bridgehead atoms. The van der Waals surface area contributed by atoms with Crippen LogP contribution in [0.3, 0.4) is 0 Å². The molecule has 1 aliphatic heterocycles. The second-order valence-electron chi connectivity index (χ2n) is 6.77. The molecule has 0 spiro atoms. The van der Waals surface area contributed by atoms with E-state index in [1.54, 1.807) is 19.1 Å². The van der Waals surface area contributed by atoms with Crippen LogP contribution in [0.5, 0.6) is 0 Å². The summed E-state index contributed by atoms with van der Waals surface area (Å²) in [5.74, 6) is -0.161. The molecule has 4 rings (SSSR count). The van der Waals surface area contributed by atoms with Crippen molar-refractivity contribution in [2.45, 2.75) is 26.2 Å². The monoisotopic (exact) mass is 338 g/mol. The zero-order chi connectivity index (χ0) is 17.6. The number of benzene rings is 2. The molecule has 1 heterocycles. The number of aryl methyl sites for hydroxylation is 1. The molecule has 1 aliphatic carbocycles. The smallest absolute Gasteiger partial charge is 0.255 e. The summed E-state index contributed by atoms with van der Waals surface area (Å²) in [4.78, 5) is 26.7. The highest BCUT2D eigenvalue weighted by atomic mass is 19.1. The minimum Gasteiger partial charge on any atom is -0.322 e. The van der Waals surface area contributed by atoms with E-state index in [9.17, 15) is 14.0 Å². The molecule has 2 amide bonds. The van der Waals surface area contributed by atoms with Crippen molar-refractivity contribution >= 4 is 23.2 Å². The second-order valence-corrected chi connectivity index (χ2v) is 6.77. The van der Waals surface area contributed by atoms with Crippen LogP contribution in [-0.2, 0) is 11.2 Å². The highest BCUT2D eigenvalue weighted by Gasteiger charge is 2.36. The van der Waals surface area contributed by atoms with Gasteiger partial charge in [0.05, 0.1) is 0 Å². The highest BCUT2D eigenvalue weighted by molar-refractivity contribution is 6.06. The topological polar surface area (TPSA) is 49.4 Å². The Morgan fingerprint density at radius 2 is 1.96 bits per heavy atom. The Bertz CT molecular complexity index is 874. The molecule has 0 saturated heterocycles. The highest BCUT2D eigenvalue weighted by Crippen LogP contribution is 2.36. The number of hydrogen-bond acceptors (Lipinski definition) is 2. The molecular weight excluding hydrogens is 319 g/mol. The lowest BCUT2D eigenvalue weighted by Gasteiger charge is -2.17. The molecule has 2 aromatic carbocycles. The molecule has 25 heavy (non-hydrogen) atoms. The van der Waals surface area contributed by atoms with Crippen LogP contribution < -0.4 is 10.2 Å². The van der Waals surface area contributed by atoms with Gasteiger partial charge in [-0.1, -0.05) is 0 Å². The standard InChI is InChI=1S/C20H19FN2O2/c1-12-10-16(21)5-6-17(12)22-19(24)15-4-7-18-14(11-15)8-9-23(18)20(25)13-2-3-13/h4-7,10-11,13H,2-3,8-9H2,1H3,(H,22,24). The van der Waals surface area contributed by atoms with E-state index >= 15 is 0 Å². The van der Waals surface area contributed by atoms with E-state index in [4.69, 9.17) is 0 Å². The summed E-state index contributed by atoms with van der Waals surface area (Å²) in [6.45, 7) is 2.44. The fourth-order valence-corrected chi connectivity index (χ4v) is 3.28. The van der Waals surface area contributed by atoms with Gasteiger partial charge in [-0.25, -0.2) is 4.39 Å². The first-order valence-corrected chi connectivity index (χ1v) is 8.55. The molecule has 4 nitrogen and oxygen atoms in total. The maximum absolute atomic E-state index is 13.2. The number of carbonyl (C=O) groups excluding carboxylic acids is 2. The van der Waals surface area contributed by atoms with Gasteiger partial charge >= 0.3 is 0 Å². The summed E-state index contributed by atoms with van der Waals surface area (Å²) in [5.41, 5.74) is 3.76. The third-order valence-corrected chi connectivity index (χ3v) is 4.87. The largest absolute Gasteiger partial charge is 0.322 e. The number of hydrogen-bond donors (Lipinski definition) is 1. The Kier molecular flexibility index (Phi) is 3.79. The number of rotatable bonds is 3. The summed E-state index contributed by atoms with van der Waals surface area (Å²) >= 11 is 0. The van der Waals surface area contributed by atoms with Crippen LogP contribution >= 0.6 is 0 Å². The summed E-state index contributed by atoms with van der Waals surface area (Å²) in [7, 11) is 0. The van der Waals surface area contributed by atoms with Crippen LogP contribution in [0.4, 0.5) is 15.8 Å². The Morgan fingerprint density at radius 3 is 2.68 bits per heavy atom. The molecule has 1 N–H and O–H groups in total. The van der Waals surface area contributed by atoms with Crippen molar-refractivity contribution in [1.29, 1.82) is 0 Å². The molecule has 128 valence electrons. The van der Waals surface area contributed by atoms with Gasteiger partial charge < -0.3 is 10.2 Å². The van der Waals surface area contributed by atoms with Gasteiger partial charge in [0.25, 0.3) is 5.91 Å². The van der Waals surface area contributed by atoms with Crippen molar-refractivity contribution in [3.05, 3.63) is 58.9 Å². The molecule has 1 fully saturated rings. The fourth-order valence-electron chi connectivity index (χ4n) is 3.28. The van der Waals surface area contributed by atoms with Crippen LogP contribution in [0.15, 0.2) is 36.4 Å². The van der Waals surface area contributed by atoms with Crippen molar-refractivity contribution in [2.24, 2.45) is 5.92 Å². The molecule has 0 atom stereocenters. The molecular formula is C20H19FN2O2. The van der Waals surface area contributed by atoms with Gasteiger partial charge in [0.1, 0.15) is 5.82 Å². The second kappa shape index (κ2) is 5.99. The van der Waals surface area contributed by atoms with E-state index < -0.39 is 0 Å². The molecule has 5 heteroatoms. The molecule has 0 aromatic heterocycles. The molecule has 0 radical (unpaired) electrons. The molecule has 0 unspecified atom stereocenters. The minimum absolute atomic E-state index is 0.190. The van der Waals surface area contributed by atoms with E-state index in [2.05, 4.69) is 5.32 Å². The quantitative estimate of drug-likeness (QED) is 0.928. The van der Waals surface area contributed by atoms with Gasteiger partial charge in [-0.05, 0) is 73.7 Å². The van der Waals surface area contributed by atoms with Crippen LogP contribution in [0, 0.1) is 18.7 Å². The fraction of sp³-hybridized carbons (Fsp3) is 0.300. The van der Waals surface area contributed by atoms with Crippen molar-refractivity contribution < 1.29 is 14.0 Å². The molecule has 1 saturated carbocycles. The van der Waals surface area contributed by atoms with Crippen molar-refractivity contribution in [3.8, 4) is 0 Å². The van der Waals surface area contributed by atoms with Crippen molar-refractivity contribution in [2.75, 3.05) is 16.8 Å². The predicted molar refractivity (Wildman–Crippen MR) is 94.3 cm³/mol. The zero-order valence-corrected chi connectivity index (χ0v) is 14.0. The molecule has 2 aromatic rings. The zero-order valence-electron chi connectivity index (χ0n) is 14.0. The average molecular weight is 338 g/mol. The van der Waals surface area contributed by atoms with E-state index in [0.29, 0.717) is 23.4 Å². The summed E-state index contributed by atoms with van der Waals surface area (Å²) in [6.07, 6.45) is 2.74. The Balaban J connectivity index is 1.53. The van der Waals surface area contributed by atoms with Crippen LogP contribution in [0.1, 0.15) is 34.3 Å². The molecule has 2 aliphatic rings. The lowest BCUT2D eigenvalue weighted by atomic mass is 10.1. The lowest BCUT2D eigenvalue weighted by molar-refractivity contribution is -0.119. The van der Waals surface area contributed by atoms with Gasteiger partial charge in [-0.2, -0.15) is 0 Å². The first kappa shape index (κ1) is 15.8. The maximum atomic E-state index is 13.2.